The van der Waals surface area contributed by atoms with Crippen LogP contribution in [0, 0.1) is 11.3 Å². The van der Waals surface area contributed by atoms with Gasteiger partial charge in [0.2, 0.25) is 0 Å². The van der Waals surface area contributed by atoms with E-state index in [1.807, 2.05) is 18.5 Å². The molecule has 0 bridgehead atoms. The summed E-state index contributed by atoms with van der Waals surface area (Å²) in [6, 6.07) is 11.0. The van der Waals surface area contributed by atoms with E-state index in [-0.39, 0.29) is 5.91 Å². The van der Waals surface area contributed by atoms with Crippen LogP contribution < -0.4 is 10.2 Å². The van der Waals surface area contributed by atoms with Gasteiger partial charge in [-0.2, -0.15) is 16.6 Å². The van der Waals surface area contributed by atoms with Crippen LogP contribution in [0.15, 0.2) is 41.1 Å². The van der Waals surface area contributed by atoms with Crippen molar-refractivity contribution in [2.45, 2.75) is 6.54 Å². The van der Waals surface area contributed by atoms with Crippen molar-refractivity contribution in [3.63, 3.8) is 0 Å². The molecule has 5 heteroatoms. The maximum atomic E-state index is 11.9. The molecule has 0 aliphatic heterocycles. The summed E-state index contributed by atoms with van der Waals surface area (Å²) in [6.07, 6.45) is 0. The molecule has 0 spiro atoms. The minimum absolute atomic E-state index is 0.0255. The minimum Gasteiger partial charge on any atom is -0.326 e. The monoisotopic (exact) mass is 286 g/mol. The second kappa shape index (κ2) is 6.85. The maximum absolute atomic E-state index is 11.9. The molecule has 1 heterocycles. The molecule has 1 aromatic carbocycles. The lowest BCUT2D eigenvalue weighted by Gasteiger charge is -2.13. The maximum Gasteiger partial charge on any atom is 0.279 e. The van der Waals surface area contributed by atoms with E-state index in [9.17, 15) is 4.79 Å². The number of carbonyl (C=O) groups excluding carboxylic acids is 1. The van der Waals surface area contributed by atoms with Crippen molar-refractivity contribution in [2.75, 3.05) is 18.9 Å². The molecule has 0 aliphatic carbocycles. The van der Waals surface area contributed by atoms with Crippen LogP contribution in [-0.4, -0.2) is 19.5 Å². The summed E-state index contributed by atoms with van der Waals surface area (Å²) in [4.78, 5) is 13.0. The third-order valence-electron chi connectivity index (χ3n) is 2.85. The molecule has 1 unspecified atom stereocenters. The highest BCUT2D eigenvalue weighted by molar-refractivity contribution is 7.07. The van der Waals surface area contributed by atoms with Gasteiger partial charge in [-0.15, -0.1) is 0 Å². The number of quaternary nitrogens is 1. The second-order valence-electron chi connectivity index (χ2n) is 4.68. The fourth-order valence-corrected chi connectivity index (χ4v) is 2.58. The largest absolute Gasteiger partial charge is 0.326 e. The molecule has 2 aromatic rings. The average Bonchev–Trinajstić information content (AvgIpc) is 2.92. The molecule has 2 N–H and O–H groups in total. The van der Waals surface area contributed by atoms with Gasteiger partial charge >= 0.3 is 0 Å². The van der Waals surface area contributed by atoms with Crippen molar-refractivity contribution >= 4 is 22.9 Å². The zero-order valence-corrected chi connectivity index (χ0v) is 12.0. The number of carbonyl (C=O) groups is 1. The Morgan fingerprint density at radius 1 is 1.35 bits per heavy atom. The fourth-order valence-electron chi connectivity index (χ4n) is 1.91. The highest BCUT2D eigenvalue weighted by Crippen LogP contribution is 2.08. The molecule has 0 saturated heterocycles. The van der Waals surface area contributed by atoms with E-state index in [2.05, 4.69) is 16.8 Å². The molecule has 20 heavy (non-hydrogen) atoms. The molecule has 0 aliphatic rings. The first kappa shape index (κ1) is 14.3. The van der Waals surface area contributed by atoms with Crippen LogP contribution in [0.5, 0.6) is 0 Å². The smallest absolute Gasteiger partial charge is 0.279 e. The van der Waals surface area contributed by atoms with Gasteiger partial charge in [-0.25, -0.2) is 0 Å². The summed E-state index contributed by atoms with van der Waals surface area (Å²) in [5, 5.41) is 15.7. The zero-order valence-electron chi connectivity index (χ0n) is 11.2. The van der Waals surface area contributed by atoms with Gasteiger partial charge < -0.3 is 10.2 Å². The zero-order chi connectivity index (χ0) is 14.4. The summed E-state index contributed by atoms with van der Waals surface area (Å²) >= 11 is 1.67. The number of likely N-dealkylation sites (N-methyl/N-ethyl adjacent to an activating group) is 1. The number of anilines is 1. The molecule has 0 radical (unpaired) electrons. The lowest BCUT2D eigenvalue weighted by Crippen LogP contribution is -3.08. The first-order valence-corrected chi connectivity index (χ1v) is 7.24. The summed E-state index contributed by atoms with van der Waals surface area (Å²) < 4.78 is 0. The number of hydrogen-bond acceptors (Lipinski definition) is 3. The predicted octanol–water partition coefficient (Wildman–Crippen LogP) is 1.27. The first-order chi connectivity index (χ1) is 9.67. The number of hydrogen-bond donors (Lipinski definition) is 2. The Bertz CT molecular complexity index is 599. The number of nitrogens with zero attached hydrogens (tertiary/aromatic N) is 1. The SMILES string of the molecule is C[NH+](CC(=O)Nc1ccc(C#N)cc1)Cc1ccsc1. The van der Waals surface area contributed by atoms with Crippen molar-refractivity contribution in [2.24, 2.45) is 0 Å². The summed E-state index contributed by atoms with van der Waals surface area (Å²) in [5.74, 6) is -0.0255. The minimum atomic E-state index is -0.0255. The summed E-state index contributed by atoms with van der Waals surface area (Å²) in [5.41, 5.74) is 2.55. The quantitative estimate of drug-likeness (QED) is 0.870. The van der Waals surface area contributed by atoms with Gasteiger partial charge in [-0.3, -0.25) is 4.79 Å². The number of nitrogens with one attached hydrogen (secondary N) is 2. The number of nitriles is 1. The van der Waals surface area contributed by atoms with Crippen LogP contribution in [-0.2, 0) is 11.3 Å². The number of rotatable bonds is 5. The van der Waals surface area contributed by atoms with E-state index in [1.165, 1.54) is 5.56 Å². The van der Waals surface area contributed by atoms with E-state index in [0.29, 0.717) is 12.1 Å². The molecular weight excluding hydrogens is 270 g/mol. The highest BCUT2D eigenvalue weighted by Gasteiger charge is 2.11. The molecule has 2 rings (SSSR count). The van der Waals surface area contributed by atoms with Crippen molar-refractivity contribution in [1.82, 2.24) is 0 Å². The van der Waals surface area contributed by atoms with Crippen molar-refractivity contribution in [1.29, 1.82) is 5.26 Å². The molecule has 0 fully saturated rings. The molecule has 1 amide bonds. The lowest BCUT2D eigenvalue weighted by molar-refractivity contribution is -0.885. The van der Waals surface area contributed by atoms with Gasteiger partial charge in [0, 0.05) is 11.3 Å². The van der Waals surface area contributed by atoms with Crippen LogP contribution in [0.2, 0.25) is 0 Å². The Morgan fingerprint density at radius 2 is 2.10 bits per heavy atom. The Balaban J connectivity index is 1.83. The number of amides is 1. The van der Waals surface area contributed by atoms with E-state index >= 15 is 0 Å². The molecule has 0 saturated carbocycles. The Morgan fingerprint density at radius 3 is 2.70 bits per heavy atom. The molecule has 1 aromatic heterocycles. The Labute approximate surface area is 122 Å². The highest BCUT2D eigenvalue weighted by atomic mass is 32.1. The predicted molar refractivity (Wildman–Crippen MR) is 79.6 cm³/mol. The molecular formula is C15H16N3OS+. The van der Waals surface area contributed by atoms with Crippen LogP contribution in [0.1, 0.15) is 11.1 Å². The Kier molecular flexibility index (Phi) is 4.88. The van der Waals surface area contributed by atoms with Crippen molar-refractivity contribution in [3.05, 3.63) is 52.2 Å². The third-order valence-corrected chi connectivity index (χ3v) is 3.58. The number of benzene rings is 1. The fraction of sp³-hybridized carbons (Fsp3) is 0.200. The van der Waals surface area contributed by atoms with Gasteiger partial charge in [0.15, 0.2) is 6.54 Å². The van der Waals surface area contributed by atoms with Crippen LogP contribution in [0.25, 0.3) is 0 Å². The van der Waals surface area contributed by atoms with E-state index in [0.717, 1.165) is 17.1 Å². The lowest BCUT2D eigenvalue weighted by atomic mass is 10.2. The van der Waals surface area contributed by atoms with Gasteiger partial charge in [-0.1, -0.05) is 0 Å². The van der Waals surface area contributed by atoms with Crippen LogP contribution in [0.4, 0.5) is 5.69 Å². The summed E-state index contributed by atoms with van der Waals surface area (Å²) in [7, 11) is 2.00. The van der Waals surface area contributed by atoms with Gasteiger partial charge in [0.05, 0.1) is 18.7 Å². The van der Waals surface area contributed by atoms with Gasteiger partial charge in [-0.05, 0) is 41.1 Å². The van der Waals surface area contributed by atoms with Gasteiger partial charge in [0.1, 0.15) is 6.54 Å². The molecule has 1 atom stereocenters. The normalized spacial score (nSPS) is 11.6. The van der Waals surface area contributed by atoms with Crippen molar-refractivity contribution in [3.8, 4) is 6.07 Å². The van der Waals surface area contributed by atoms with Crippen LogP contribution in [0.3, 0.4) is 0 Å². The average molecular weight is 286 g/mol. The van der Waals surface area contributed by atoms with Gasteiger partial charge in [0.25, 0.3) is 5.91 Å². The van der Waals surface area contributed by atoms with Crippen molar-refractivity contribution < 1.29 is 9.69 Å². The summed E-state index contributed by atoms with van der Waals surface area (Å²) in [6.45, 7) is 1.25. The first-order valence-electron chi connectivity index (χ1n) is 6.30. The number of thiophene rings is 1. The standard InChI is InChI=1S/C15H15N3OS/c1-18(9-13-6-7-20-11-13)10-15(19)17-14-4-2-12(8-16)3-5-14/h2-7,11H,9-10H2,1H3,(H,17,19)/p+1. The van der Waals surface area contributed by atoms with E-state index < -0.39 is 0 Å². The van der Waals surface area contributed by atoms with E-state index in [1.54, 1.807) is 35.6 Å². The molecule has 102 valence electrons. The topological polar surface area (TPSA) is 57.3 Å². The third kappa shape index (κ3) is 4.19. The second-order valence-corrected chi connectivity index (χ2v) is 5.46. The Hall–Kier alpha value is -2.16. The van der Waals surface area contributed by atoms with Crippen LogP contribution >= 0.6 is 11.3 Å². The van der Waals surface area contributed by atoms with E-state index in [4.69, 9.17) is 5.26 Å². The molecule has 4 nitrogen and oxygen atoms in total.